The molecule has 0 saturated heterocycles. The first-order chi connectivity index (χ1) is 25.7. The highest BCUT2D eigenvalue weighted by molar-refractivity contribution is 7.46. The average molecular weight is 769 g/mol. The largest absolute Gasteiger partial charge is 0.469 e. The van der Waals surface area contributed by atoms with Crippen LogP contribution >= 0.6 is 7.82 Å². The smallest absolute Gasteiger partial charge is 0.462 e. The topological polar surface area (TPSA) is 140 Å². The third-order valence-electron chi connectivity index (χ3n) is 8.91. The zero-order chi connectivity index (χ0) is 39.1. The van der Waals surface area contributed by atoms with Crippen molar-refractivity contribution in [3.63, 3.8) is 0 Å². The fourth-order valence-electron chi connectivity index (χ4n) is 5.76. The Hall–Kier alpha value is -2.03. The summed E-state index contributed by atoms with van der Waals surface area (Å²) < 4.78 is 26.3. The lowest BCUT2D eigenvalue weighted by atomic mass is 10.1. The number of aliphatic hydroxyl groups excluding tert-OH is 1. The second-order valence-electron chi connectivity index (χ2n) is 14.1. The van der Waals surface area contributed by atoms with Gasteiger partial charge in [0.05, 0.1) is 12.7 Å². The molecule has 9 nitrogen and oxygen atoms in total. The molecule has 0 bridgehead atoms. The minimum Gasteiger partial charge on any atom is -0.462 e. The summed E-state index contributed by atoms with van der Waals surface area (Å²) in [6, 6.07) is 0. The van der Waals surface area contributed by atoms with Crippen molar-refractivity contribution < 1.29 is 43.0 Å². The Labute approximate surface area is 323 Å². The predicted molar refractivity (Wildman–Crippen MR) is 217 cm³/mol. The zero-order valence-electron chi connectivity index (χ0n) is 33.5. The maximum absolute atomic E-state index is 12.4. The van der Waals surface area contributed by atoms with Crippen molar-refractivity contribution >= 4 is 19.8 Å². The minimum absolute atomic E-state index is 0.194. The predicted octanol–water partition coefficient (Wildman–Crippen LogP) is 11.7. The van der Waals surface area contributed by atoms with Gasteiger partial charge in [0.25, 0.3) is 0 Å². The number of hydrogen-bond acceptors (Lipinski definition) is 7. The monoisotopic (exact) mass is 769 g/mol. The van der Waals surface area contributed by atoms with Gasteiger partial charge in [0, 0.05) is 12.8 Å². The molecule has 1 unspecified atom stereocenters. The number of hydrogen-bond donors (Lipinski definition) is 3. The molecule has 308 valence electrons. The number of unbranched alkanes of at least 4 members (excludes halogenated alkanes) is 20. The van der Waals surface area contributed by atoms with E-state index in [0.717, 1.165) is 57.8 Å². The number of carbonyl (C=O) groups is 2. The van der Waals surface area contributed by atoms with E-state index in [1.54, 1.807) is 6.08 Å². The standard InChI is InChI=1S/C43H77O9P/c1-3-5-7-8-9-10-11-12-13-14-15-16-17-18-19-22-26-29-33-37-43(46)52-41(39-51-53(47,48)49)38-50-42(45)36-32-28-25-23-20-21-24-27-31-35-40(44)34-30-6-4-2/h6,12-13,24,27,30-31,35,40-41,44H,3-5,7-11,14-23,25-26,28-29,32-34,36-39H2,1-2H3,(H2,47,48,49)/b13-12-,27-24+,30-6+,35-31+/t40?,41-/m1/s1. The molecule has 0 rings (SSSR count). The number of phosphoric acid groups is 1. The number of esters is 2. The van der Waals surface area contributed by atoms with Crippen LogP contribution in [0.5, 0.6) is 0 Å². The molecular weight excluding hydrogens is 691 g/mol. The van der Waals surface area contributed by atoms with Crippen LogP contribution in [0.2, 0.25) is 0 Å². The van der Waals surface area contributed by atoms with Crippen LogP contribution in [0, 0.1) is 0 Å². The maximum atomic E-state index is 12.4. The Morgan fingerprint density at radius 3 is 1.60 bits per heavy atom. The Balaban J connectivity index is 3.97. The van der Waals surface area contributed by atoms with Crippen molar-refractivity contribution in [3.8, 4) is 0 Å². The van der Waals surface area contributed by atoms with E-state index in [-0.39, 0.29) is 19.4 Å². The summed E-state index contributed by atoms with van der Waals surface area (Å²) >= 11 is 0. The first kappa shape index (κ1) is 51.0. The quantitative estimate of drug-likeness (QED) is 0.0184. The number of phosphoric ester groups is 1. The maximum Gasteiger partial charge on any atom is 0.469 e. The van der Waals surface area contributed by atoms with E-state index in [9.17, 15) is 19.3 Å². The molecule has 0 aromatic carbocycles. The molecule has 0 aliphatic heterocycles. The molecule has 10 heteroatoms. The molecule has 0 amide bonds. The number of allylic oxidation sites excluding steroid dienone is 6. The summed E-state index contributed by atoms with van der Waals surface area (Å²) in [6.07, 6.45) is 43.0. The second-order valence-corrected chi connectivity index (χ2v) is 15.4. The van der Waals surface area contributed by atoms with Crippen molar-refractivity contribution in [2.24, 2.45) is 0 Å². The fourth-order valence-corrected chi connectivity index (χ4v) is 6.12. The van der Waals surface area contributed by atoms with Crippen LogP contribution in [0.3, 0.4) is 0 Å². The zero-order valence-corrected chi connectivity index (χ0v) is 34.4. The number of ether oxygens (including phenoxy) is 2. The van der Waals surface area contributed by atoms with Crippen LogP contribution in [-0.2, 0) is 28.2 Å². The molecular formula is C43H77O9P. The fraction of sp³-hybridized carbons (Fsp3) is 0.767. The van der Waals surface area contributed by atoms with Gasteiger partial charge in [0.2, 0.25) is 0 Å². The van der Waals surface area contributed by atoms with Crippen LogP contribution in [0.25, 0.3) is 0 Å². The lowest BCUT2D eigenvalue weighted by Gasteiger charge is -2.18. The normalized spacial score (nSPS) is 13.5. The molecule has 2 atom stereocenters. The highest BCUT2D eigenvalue weighted by Crippen LogP contribution is 2.36. The van der Waals surface area contributed by atoms with Crippen LogP contribution in [0.15, 0.2) is 48.6 Å². The van der Waals surface area contributed by atoms with Crippen molar-refractivity contribution in [3.05, 3.63) is 48.6 Å². The molecule has 53 heavy (non-hydrogen) atoms. The summed E-state index contributed by atoms with van der Waals surface area (Å²) in [5.41, 5.74) is 0. The van der Waals surface area contributed by atoms with Gasteiger partial charge >= 0.3 is 19.8 Å². The molecule has 0 aliphatic rings. The SMILES string of the molecule is CC/C=C/CC(O)/C=C/C=C/CCCCCCCC(=O)OC[C@H](COP(=O)(O)O)OC(=O)CCCCCCCCCCC/C=C\CCCCCCCC. The van der Waals surface area contributed by atoms with Gasteiger partial charge in [-0.05, 0) is 64.2 Å². The summed E-state index contributed by atoms with van der Waals surface area (Å²) in [5.74, 6) is -0.940. The highest BCUT2D eigenvalue weighted by Gasteiger charge is 2.22. The van der Waals surface area contributed by atoms with E-state index in [1.165, 1.54) is 83.5 Å². The van der Waals surface area contributed by atoms with Crippen LogP contribution in [0.1, 0.15) is 187 Å². The first-order valence-electron chi connectivity index (χ1n) is 21.0. The Kier molecular flexibility index (Phi) is 36.8. The number of aliphatic hydroxyl groups is 1. The van der Waals surface area contributed by atoms with Gasteiger partial charge in [-0.1, -0.05) is 159 Å². The van der Waals surface area contributed by atoms with E-state index >= 15 is 0 Å². The number of carbonyl (C=O) groups excluding carboxylic acids is 2. The third kappa shape index (κ3) is 41.0. The van der Waals surface area contributed by atoms with Crippen molar-refractivity contribution in [1.82, 2.24) is 0 Å². The summed E-state index contributed by atoms with van der Waals surface area (Å²) in [6.45, 7) is 3.45. The molecule has 3 N–H and O–H groups in total. The molecule has 0 radical (unpaired) electrons. The van der Waals surface area contributed by atoms with Crippen molar-refractivity contribution in [1.29, 1.82) is 0 Å². The molecule has 0 spiro atoms. The van der Waals surface area contributed by atoms with Gasteiger partial charge in [-0.15, -0.1) is 0 Å². The third-order valence-corrected chi connectivity index (χ3v) is 9.40. The molecule has 0 fully saturated rings. The Morgan fingerprint density at radius 2 is 1.08 bits per heavy atom. The Bertz CT molecular complexity index is 1020. The van der Waals surface area contributed by atoms with E-state index in [4.69, 9.17) is 19.3 Å². The Morgan fingerprint density at radius 1 is 0.585 bits per heavy atom. The summed E-state index contributed by atoms with van der Waals surface area (Å²) in [7, 11) is -4.77. The van der Waals surface area contributed by atoms with Crippen LogP contribution in [0.4, 0.5) is 0 Å². The van der Waals surface area contributed by atoms with Gasteiger partial charge in [0.15, 0.2) is 6.10 Å². The molecule has 0 aromatic rings. The van der Waals surface area contributed by atoms with Crippen LogP contribution < -0.4 is 0 Å². The van der Waals surface area contributed by atoms with Gasteiger partial charge in [-0.2, -0.15) is 0 Å². The lowest BCUT2D eigenvalue weighted by molar-refractivity contribution is -0.161. The molecule has 0 aromatic heterocycles. The van der Waals surface area contributed by atoms with Gasteiger partial charge < -0.3 is 24.4 Å². The highest BCUT2D eigenvalue weighted by atomic mass is 31.2. The van der Waals surface area contributed by atoms with Gasteiger partial charge in [-0.3, -0.25) is 14.1 Å². The van der Waals surface area contributed by atoms with Crippen molar-refractivity contribution in [2.75, 3.05) is 13.2 Å². The van der Waals surface area contributed by atoms with E-state index in [0.29, 0.717) is 19.3 Å². The van der Waals surface area contributed by atoms with E-state index in [1.807, 2.05) is 24.3 Å². The van der Waals surface area contributed by atoms with Crippen LogP contribution in [-0.4, -0.2) is 52.3 Å². The molecule has 0 saturated carbocycles. The molecule has 0 aliphatic carbocycles. The van der Waals surface area contributed by atoms with Crippen molar-refractivity contribution in [2.45, 2.75) is 199 Å². The summed E-state index contributed by atoms with van der Waals surface area (Å²) in [4.78, 5) is 42.8. The lowest BCUT2D eigenvalue weighted by Crippen LogP contribution is -2.29. The number of rotatable bonds is 38. The molecule has 0 heterocycles. The average Bonchev–Trinajstić information content (AvgIpc) is 3.12. The van der Waals surface area contributed by atoms with E-state index < -0.39 is 38.6 Å². The summed E-state index contributed by atoms with van der Waals surface area (Å²) in [5, 5.41) is 9.84. The van der Waals surface area contributed by atoms with E-state index in [2.05, 4.69) is 36.6 Å². The minimum atomic E-state index is -4.77. The first-order valence-corrected chi connectivity index (χ1v) is 22.6. The second kappa shape index (κ2) is 38.3. The van der Waals surface area contributed by atoms with Gasteiger partial charge in [-0.25, -0.2) is 4.57 Å². The van der Waals surface area contributed by atoms with Gasteiger partial charge in [0.1, 0.15) is 6.61 Å².